The third-order valence-corrected chi connectivity index (χ3v) is 6.26. The van der Waals surface area contributed by atoms with Crippen LogP contribution < -0.4 is 5.73 Å². The van der Waals surface area contributed by atoms with Crippen molar-refractivity contribution in [2.45, 2.75) is 35.8 Å². The summed E-state index contributed by atoms with van der Waals surface area (Å²) in [4.78, 5) is 0.953. The Hall–Kier alpha value is -1.19. The SMILES string of the molecule is NCC1CCCCC1S(=O)c1ccc2ccccc2c1. The van der Waals surface area contributed by atoms with Gasteiger partial charge in [-0.15, -0.1) is 0 Å². The van der Waals surface area contributed by atoms with Gasteiger partial charge in [0.05, 0.1) is 10.8 Å². The van der Waals surface area contributed by atoms with Gasteiger partial charge in [-0.3, -0.25) is 4.21 Å². The van der Waals surface area contributed by atoms with Crippen LogP contribution in [-0.2, 0) is 10.8 Å². The molecule has 0 spiro atoms. The first-order chi connectivity index (χ1) is 9.79. The van der Waals surface area contributed by atoms with E-state index >= 15 is 0 Å². The molecule has 1 saturated carbocycles. The molecule has 2 aromatic carbocycles. The van der Waals surface area contributed by atoms with Gasteiger partial charge < -0.3 is 5.73 Å². The van der Waals surface area contributed by atoms with Crippen molar-refractivity contribution in [3.63, 3.8) is 0 Å². The van der Waals surface area contributed by atoms with Crippen molar-refractivity contribution in [3.05, 3.63) is 42.5 Å². The third kappa shape index (κ3) is 2.65. The number of fused-ring (bicyclic) bond motifs is 1. The maximum Gasteiger partial charge on any atom is 0.0564 e. The minimum Gasteiger partial charge on any atom is -0.330 e. The lowest BCUT2D eigenvalue weighted by atomic mass is 9.89. The molecule has 106 valence electrons. The summed E-state index contributed by atoms with van der Waals surface area (Å²) in [7, 11) is -0.936. The van der Waals surface area contributed by atoms with E-state index in [4.69, 9.17) is 5.73 Å². The minimum atomic E-state index is -0.936. The zero-order chi connectivity index (χ0) is 13.9. The van der Waals surface area contributed by atoms with E-state index < -0.39 is 10.8 Å². The molecule has 2 nitrogen and oxygen atoms in total. The van der Waals surface area contributed by atoms with Gasteiger partial charge in [-0.1, -0.05) is 43.2 Å². The Morgan fingerprint density at radius 1 is 1.05 bits per heavy atom. The second-order valence-corrected chi connectivity index (χ2v) is 7.30. The van der Waals surface area contributed by atoms with Crippen LogP contribution in [0, 0.1) is 5.92 Å². The Morgan fingerprint density at radius 3 is 2.60 bits per heavy atom. The molecule has 20 heavy (non-hydrogen) atoms. The van der Waals surface area contributed by atoms with Crippen LogP contribution >= 0.6 is 0 Å². The smallest absolute Gasteiger partial charge is 0.0564 e. The lowest BCUT2D eigenvalue weighted by Gasteiger charge is -2.29. The highest BCUT2D eigenvalue weighted by Gasteiger charge is 2.29. The van der Waals surface area contributed by atoms with E-state index in [0.717, 1.165) is 17.7 Å². The quantitative estimate of drug-likeness (QED) is 0.939. The fourth-order valence-corrected chi connectivity index (χ4v) is 4.96. The van der Waals surface area contributed by atoms with Gasteiger partial charge in [0.1, 0.15) is 0 Å². The average Bonchev–Trinajstić information content (AvgIpc) is 2.53. The molecule has 0 radical (unpaired) electrons. The van der Waals surface area contributed by atoms with Crippen molar-refractivity contribution in [3.8, 4) is 0 Å². The molecule has 0 bridgehead atoms. The molecular weight excluding hydrogens is 266 g/mol. The van der Waals surface area contributed by atoms with E-state index in [1.54, 1.807) is 0 Å². The van der Waals surface area contributed by atoms with E-state index in [0.29, 0.717) is 12.5 Å². The number of hydrogen-bond donors (Lipinski definition) is 1. The zero-order valence-corrected chi connectivity index (χ0v) is 12.4. The Balaban J connectivity index is 1.91. The maximum absolute atomic E-state index is 12.9. The first-order valence-electron chi connectivity index (χ1n) is 7.39. The van der Waals surface area contributed by atoms with Crippen molar-refractivity contribution in [1.82, 2.24) is 0 Å². The molecule has 0 heterocycles. The van der Waals surface area contributed by atoms with Crippen molar-refractivity contribution in [2.75, 3.05) is 6.54 Å². The number of nitrogens with two attached hydrogens (primary N) is 1. The number of benzene rings is 2. The molecule has 1 fully saturated rings. The molecule has 1 aliphatic carbocycles. The van der Waals surface area contributed by atoms with E-state index in [2.05, 4.69) is 24.3 Å². The van der Waals surface area contributed by atoms with Crippen LogP contribution in [0.4, 0.5) is 0 Å². The number of hydrogen-bond acceptors (Lipinski definition) is 2. The highest BCUT2D eigenvalue weighted by molar-refractivity contribution is 7.85. The highest BCUT2D eigenvalue weighted by atomic mass is 32.2. The second-order valence-electron chi connectivity index (χ2n) is 5.63. The van der Waals surface area contributed by atoms with Crippen LogP contribution in [0.15, 0.2) is 47.4 Å². The van der Waals surface area contributed by atoms with E-state index in [-0.39, 0.29) is 5.25 Å². The Kier molecular flexibility index (Phi) is 4.18. The average molecular weight is 287 g/mol. The summed E-state index contributed by atoms with van der Waals surface area (Å²) < 4.78 is 12.9. The largest absolute Gasteiger partial charge is 0.330 e. The third-order valence-electron chi connectivity index (χ3n) is 4.37. The molecule has 0 saturated heterocycles. The standard InChI is InChI=1S/C17H21NOS/c18-12-15-7-3-4-8-17(15)20(19)16-10-9-13-5-1-2-6-14(13)11-16/h1-2,5-6,9-11,15,17H,3-4,7-8,12,18H2. The Labute approximate surface area is 122 Å². The van der Waals surface area contributed by atoms with Crippen LogP contribution in [0.5, 0.6) is 0 Å². The lowest BCUT2D eigenvalue weighted by Crippen LogP contribution is -2.34. The summed E-state index contributed by atoms with van der Waals surface area (Å²) >= 11 is 0. The van der Waals surface area contributed by atoms with Gasteiger partial charge >= 0.3 is 0 Å². The molecule has 0 aromatic heterocycles. The highest BCUT2D eigenvalue weighted by Crippen LogP contribution is 2.31. The van der Waals surface area contributed by atoms with Crippen LogP contribution in [0.2, 0.25) is 0 Å². The topological polar surface area (TPSA) is 43.1 Å². The molecule has 3 heteroatoms. The van der Waals surface area contributed by atoms with Gasteiger partial charge in [0.2, 0.25) is 0 Å². The molecule has 0 aliphatic heterocycles. The predicted molar refractivity (Wildman–Crippen MR) is 85.2 cm³/mol. The molecule has 0 amide bonds. The molecule has 3 rings (SSSR count). The van der Waals surface area contributed by atoms with Crippen LogP contribution in [0.3, 0.4) is 0 Å². The van der Waals surface area contributed by atoms with Crippen molar-refractivity contribution < 1.29 is 4.21 Å². The summed E-state index contributed by atoms with van der Waals surface area (Å²) in [5.74, 6) is 0.413. The van der Waals surface area contributed by atoms with Gasteiger partial charge in [0.25, 0.3) is 0 Å². The maximum atomic E-state index is 12.9. The lowest BCUT2D eigenvalue weighted by molar-refractivity contribution is 0.372. The summed E-state index contributed by atoms with van der Waals surface area (Å²) in [5.41, 5.74) is 5.87. The molecule has 2 aromatic rings. The van der Waals surface area contributed by atoms with Gasteiger partial charge in [-0.2, -0.15) is 0 Å². The van der Waals surface area contributed by atoms with Gasteiger partial charge in [0.15, 0.2) is 0 Å². The first kappa shape index (κ1) is 13.8. The van der Waals surface area contributed by atoms with Crippen LogP contribution in [0.1, 0.15) is 25.7 Å². The predicted octanol–water partition coefficient (Wildman–Crippen LogP) is 3.46. The summed E-state index contributed by atoms with van der Waals surface area (Å²) in [6, 6.07) is 14.4. The van der Waals surface area contributed by atoms with E-state index in [1.165, 1.54) is 23.6 Å². The van der Waals surface area contributed by atoms with Crippen molar-refractivity contribution in [2.24, 2.45) is 11.7 Å². The van der Waals surface area contributed by atoms with E-state index in [1.807, 2.05) is 18.2 Å². The molecule has 3 atom stereocenters. The second kappa shape index (κ2) is 6.06. The molecule has 1 aliphatic rings. The summed E-state index contributed by atoms with van der Waals surface area (Å²) in [6.07, 6.45) is 4.58. The zero-order valence-electron chi connectivity index (χ0n) is 11.6. The first-order valence-corrected chi connectivity index (χ1v) is 8.60. The van der Waals surface area contributed by atoms with E-state index in [9.17, 15) is 4.21 Å². The normalized spacial score (nSPS) is 24.6. The summed E-state index contributed by atoms with van der Waals surface area (Å²) in [6.45, 7) is 0.657. The van der Waals surface area contributed by atoms with Gasteiger partial charge in [-0.05, 0) is 48.2 Å². The Morgan fingerprint density at radius 2 is 1.80 bits per heavy atom. The number of rotatable bonds is 3. The van der Waals surface area contributed by atoms with Crippen LogP contribution in [-0.4, -0.2) is 16.0 Å². The molecule has 3 unspecified atom stereocenters. The Bertz CT molecular complexity index is 625. The summed E-state index contributed by atoms with van der Waals surface area (Å²) in [5, 5.41) is 2.60. The van der Waals surface area contributed by atoms with Gasteiger partial charge in [-0.25, -0.2) is 0 Å². The van der Waals surface area contributed by atoms with Crippen molar-refractivity contribution >= 4 is 21.6 Å². The monoisotopic (exact) mass is 287 g/mol. The van der Waals surface area contributed by atoms with Crippen molar-refractivity contribution in [1.29, 1.82) is 0 Å². The minimum absolute atomic E-state index is 0.231. The fraction of sp³-hybridized carbons (Fsp3) is 0.412. The molecular formula is C17H21NOS. The van der Waals surface area contributed by atoms with Crippen LogP contribution in [0.25, 0.3) is 10.8 Å². The molecule has 2 N–H and O–H groups in total. The van der Waals surface area contributed by atoms with Gasteiger partial charge in [0, 0.05) is 10.1 Å². The fourth-order valence-electron chi connectivity index (χ4n) is 3.19.